The molecule has 5 nitrogen and oxygen atoms in total. The number of anilines is 1. The van der Waals surface area contributed by atoms with Gasteiger partial charge in [0.1, 0.15) is 0 Å². The van der Waals surface area contributed by atoms with Gasteiger partial charge in [0.25, 0.3) is 0 Å². The van der Waals surface area contributed by atoms with Gasteiger partial charge in [0.05, 0.1) is 5.69 Å². The van der Waals surface area contributed by atoms with Crippen molar-refractivity contribution in [3.8, 4) is 23.1 Å². The molecule has 4 rings (SSSR count). The molecule has 1 aliphatic rings. The summed E-state index contributed by atoms with van der Waals surface area (Å²) in [7, 11) is 0. The molecule has 0 aliphatic carbocycles. The molecule has 0 bridgehead atoms. The molecule has 1 aliphatic heterocycles. The first-order chi connectivity index (χ1) is 10.3. The summed E-state index contributed by atoms with van der Waals surface area (Å²) in [6, 6.07) is 13.0. The Hall–Kier alpha value is -2.95. The maximum atomic E-state index is 5.91. The smallest absolute Gasteiger partial charge is 0.231 e. The molecule has 1 aromatic heterocycles. The Labute approximate surface area is 120 Å². The number of benzene rings is 2. The van der Waals surface area contributed by atoms with Crippen molar-refractivity contribution in [1.82, 2.24) is 4.98 Å². The fourth-order valence-electron chi connectivity index (χ4n) is 2.29. The third kappa shape index (κ3) is 1.99. The van der Waals surface area contributed by atoms with Crippen molar-refractivity contribution in [2.45, 2.75) is 0 Å². The van der Waals surface area contributed by atoms with Crippen molar-refractivity contribution in [2.75, 3.05) is 12.5 Å². The van der Waals surface area contributed by atoms with Crippen molar-refractivity contribution in [2.24, 2.45) is 0 Å². The zero-order valence-electron chi connectivity index (χ0n) is 11.1. The first kappa shape index (κ1) is 11.8. The highest BCUT2D eigenvalue weighted by Crippen LogP contribution is 2.39. The van der Waals surface area contributed by atoms with E-state index >= 15 is 0 Å². The number of nitrogens with zero attached hydrogens (tertiary/aromatic N) is 1. The topological polar surface area (TPSA) is 66.6 Å². The molecule has 0 amide bonds. The predicted molar refractivity (Wildman–Crippen MR) is 78.8 cm³/mol. The number of aromatic nitrogens is 1. The second-order valence-corrected chi connectivity index (χ2v) is 4.68. The van der Waals surface area contributed by atoms with Crippen LogP contribution < -0.4 is 19.9 Å². The highest BCUT2D eigenvalue weighted by atomic mass is 16.7. The average Bonchev–Trinajstić information content (AvgIpc) is 2.95. The summed E-state index contributed by atoms with van der Waals surface area (Å²) < 4.78 is 16.6. The summed E-state index contributed by atoms with van der Waals surface area (Å²) in [5.74, 6) is 2.50. The number of para-hydroxylation sites is 2. The Bertz CT molecular complexity index is 833. The summed E-state index contributed by atoms with van der Waals surface area (Å²) >= 11 is 0. The minimum Gasteiger partial charge on any atom is -0.454 e. The van der Waals surface area contributed by atoms with E-state index in [1.807, 2.05) is 36.4 Å². The summed E-state index contributed by atoms with van der Waals surface area (Å²) in [4.78, 5) is 4.29. The Morgan fingerprint density at radius 2 is 1.86 bits per heavy atom. The Morgan fingerprint density at radius 3 is 2.71 bits per heavy atom. The van der Waals surface area contributed by atoms with Crippen molar-refractivity contribution in [1.29, 1.82) is 0 Å². The van der Waals surface area contributed by atoms with Gasteiger partial charge >= 0.3 is 0 Å². The van der Waals surface area contributed by atoms with Crippen LogP contribution in [0.3, 0.4) is 0 Å². The average molecular weight is 280 g/mol. The first-order valence-corrected chi connectivity index (χ1v) is 6.52. The van der Waals surface area contributed by atoms with Gasteiger partial charge in [-0.25, -0.2) is 4.98 Å². The number of nitrogen functional groups attached to an aromatic ring is 1. The molecule has 104 valence electrons. The number of nitrogens with two attached hydrogens (primary N) is 1. The number of ether oxygens (including phenoxy) is 3. The maximum absolute atomic E-state index is 5.91. The third-order valence-corrected chi connectivity index (χ3v) is 3.35. The quantitative estimate of drug-likeness (QED) is 0.729. The van der Waals surface area contributed by atoms with Crippen LogP contribution in [0.5, 0.6) is 23.1 Å². The zero-order chi connectivity index (χ0) is 14.2. The van der Waals surface area contributed by atoms with Crippen LogP contribution in [-0.4, -0.2) is 11.8 Å². The molecular weight excluding hydrogens is 268 g/mol. The lowest BCUT2D eigenvalue weighted by atomic mass is 10.1. The highest BCUT2D eigenvalue weighted by molar-refractivity contribution is 5.90. The standard InChI is InChI=1S/C16H12N2O3/c17-12-3-1-2-4-13(12)21-16-11-8-15-14(19-9-20-15)7-10(11)5-6-18-16/h1-8H,9,17H2. The molecule has 21 heavy (non-hydrogen) atoms. The molecule has 5 heteroatoms. The van der Waals surface area contributed by atoms with Crippen LogP contribution in [0.4, 0.5) is 5.69 Å². The Morgan fingerprint density at radius 1 is 1.05 bits per heavy atom. The largest absolute Gasteiger partial charge is 0.454 e. The number of hydrogen-bond donors (Lipinski definition) is 1. The minimum atomic E-state index is 0.237. The molecule has 0 radical (unpaired) electrons. The van der Waals surface area contributed by atoms with Crippen LogP contribution >= 0.6 is 0 Å². The third-order valence-electron chi connectivity index (χ3n) is 3.35. The van der Waals surface area contributed by atoms with E-state index in [9.17, 15) is 0 Å². The van der Waals surface area contributed by atoms with Crippen LogP contribution in [0, 0.1) is 0 Å². The van der Waals surface area contributed by atoms with E-state index in [1.165, 1.54) is 0 Å². The van der Waals surface area contributed by atoms with Gasteiger partial charge in [-0.15, -0.1) is 0 Å². The van der Waals surface area contributed by atoms with Crippen LogP contribution in [0.2, 0.25) is 0 Å². The van der Waals surface area contributed by atoms with E-state index in [1.54, 1.807) is 12.3 Å². The molecule has 0 saturated carbocycles. The lowest BCUT2D eigenvalue weighted by Gasteiger charge is -2.10. The molecule has 0 spiro atoms. The summed E-state index contributed by atoms with van der Waals surface area (Å²) in [6.07, 6.45) is 1.69. The van der Waals surface area contributed by atoms with Gasteiger partial charge in [-0.05, 0) is 35.7 Å². The van der Waals surface area contributed by atoms with Crippen molar-refractivity contribution in [3.05, 3.63) is 48.7 Å². The normalized spacial score (nSPS) is 12.6. The van der Waals surface area contributed by atoms with Crippen molar-refractivity contribution in [3.63, 3.8) is 0 Å². The number of hydrogen-bond acceptors (Lipinski definition) is 5. The van der Waals surface area contributed by atoms with Crippen molar-refractivity contribution < 1.29 is 14.2 Å². The van der Waals surface area contributed by atoms with Gasteiger partial charge in [-0.3, -0.25) is 0 Å². The van der Waals surface area contributed by atoms with E-state index in [0.29, 0.717) is 23.1 Å². The lowest BCUT2D eigenvalue weighted by Crippen LogP contribution is -1.94. The molecular formula is C16H12N2O3. The number of rotatable bonds is 2. The molecule has 2 heterocycles. The van der Waals surface area contributed by atoms with Crippen LogP contribution in [0.25, 0.3) is 10.8 Å². The van der Waals surface area contributed by atoms with E-state index < -0.39 is 0 Å². The van der Waals surface area contributed by atoms with Crippen LogP contribution in [-0.2, 0) is 0 Å². The molecule has 2 aromatic carbocycles. The Balaban J connectivity index is 1.84. The van der Waals surface area contributed by atoms with E-state index in [2.05, 4.69) is 4.98 Å². The van der Waals surface area contributed by atoms with Crippen LogP contribution in [0.15, 0.2) is 48.7 Å². The van der Waals surface area contributed by atoms with Gasteiger partial charge in [0, 0.05) is 11.6 Å². The van der Waals surface area contributed by atoms with Gasteiger partial charge < -0.3 is 19.9 Å². The second-order valence-electron chi connectivity index (χ2n) is 4.68. The van der Waals surface area contributed by atoms with E-state index in [4.69, 9.17) is 19.9 Å². The van der Waals surface area contributed by atoms with Gasteiger partial charge in [-0.2, -0.15) is 0 Å². The Kier molecular flexibility index (Phi) is 2.57. The molecule has 3 aromatic rings. The first-order valence-electron chi connectivity index (χ1n) is 6.52. The summed E-state index contributed by atoms with van der Waals surface area (Å²) in [6.45, 7) is 0.237. The SMILES string of the molecule is Nc1ccccc1Oc1nccc2cc3c(cc12)OCO3. The monoisotopic (exact) mass is 280 g/mol. The van der Waals surface area contributed by atoms with E-state index in [0.717, 1.165) is 16.5 Å². The van der Waals surface area contributed by atoms with Crippen molar-refractivity contribution >= 4 is 16.5 Å². The second kappa shape index (κ2) is 4.56. The zero-order valence-corrected chi connectivity index (χ0v) is 11.1. The molecule has 0 unspecified atom stereocenters. The van der Waals surface area contributed by atoms with Gasteiger partial charge in [0.15, 0.2) is 17.2 Å². The van der Waals surface area contributed by atoms with Crippen LogP contribution in [0.1, 0.15) is 0 Å². The highest BCUT2D eigenvalue weighted by Gasteiger charge is 2.17. The number of pyridine rings is 1. The minimum absolute atomic E-state index is 0.237. The fourth-order valence-corrected chi connectivity index (χ4v) is 2.29. The molecule has 0 saturated heterocycles. The molecule has 0 fully saturated rings. The lowest BCUT2D eigenvalue weighted by molar-refractivity contribution is 0.174. The number of fused-ring (bicyclic) bond motifs is 2. The van der Waals surface area contributed by atoms with E-state index in [-0.39, 0.29) is 6.79 Å². The molecule has 0 atom stereocenters. The fraction of sp³-hybridized carbons (Fsp3) is 0.0625. The molecule has 2 N–H and O–H groups in total. The van der Waals surface area contributed by atoms with Gasteiger partial charge in [-0.1, -0.05) is 12.1 Å². The summed E-state index contributed by atoms with van der Waals surface area (Å²) in [5, 5.41) is 1.82. The summed E-state index contributed by atoms with van der Waals surface area (Å²) in [5.41, 5.74) is 6.47. The maximum Gasteiger partial charge on any atom is 0.231 e. The predicted octanol–water partition coefficient (Wildman–Crippen LogP) is 3.34. The van der Waals surface area contributed by atoms with Gasteiger partial charge in [0.2, 0.25) is 12.7 Å².